The maximum atomic E-state index is 11.6. The molecule has 5 nitrogen and oxygen atoms in total. The molecule has 1 aromatic rings. The highest BCUT2D eigenvalue weighted by atomic mass is 16.3. The van der Waals surface area contributed by atoms with Crippen LogP contribution < -0.4 is 11.1 Å². The molecule has 5 heteroatoms. The van der Waals surface area contributed by atoms with Gasteiger partial charge in [-0.2, -0.15) is 0 Å². The highest BCUT2D eigenvalue weighted by Gasteiger charge is 2.15. The van der Waals surface area contributed by atoms with Crippen LogP contribution in [0.15, 0.2) is 24.3 Å². The molecule has 0 saturated heterocycles. The van der Waals surface area contributed by atoms with E-state index in [1.807, 2.05) is 0 Å². The Morgan fingerprint density at radius 2 is 2.00 bits per heavy atom. The van der Waals surface area contributed by atoms with Gasteiger partial charge in [-0.1, -0.05) is 12.1 Å². The van der Waals surface area contributed by atoms with Gasteiger partial charge in [0.1, 0.15) is 5.75 Å². The summed E-state index contributed by atoms with van der Waals surface area (Å²) in [6.45, 7) is 1.59. The third-order valence-electron chi connectivity index (χ3n) is 2.39. The molecule has 0 saturated carbocycles. The summed E-state index contributed by atoms with van der Waals surface area (Å²) in [6.07, 6.45) is 0.393. The minimum atomic E-state index is -0.659. The summed E-state index contributed by atoms with van der Waals surface area (Å²) in [7, 11) is 0. The van der Waals surface area contributed by atoms with Gasteiger partial charge in [0.2, 0.25) is 5.91 Å². The minimum Gasteiger partial charge on any atom is -0.508 e. The number of carbonyl (C=O) groups is 1. The molecular formula is C12H18N2O3. The van der Waals surface area contributed by atoms with Crippen LogP contribution in [0.5, 0.6) is 5.75 Å². The smallest absolute Gasteiger partial charge is 0.237 e. The highest BCUT2D eigenvalue weighted by Crippen LogP contribution is 2.10. The van der Waals surface area contributed by atoms with Crippen LogP contribution in [0.4, 0.5) is 0 Å². The van der Waals surface area contributed by atoms with Crippen molar-refractivity contribution in [2.75, 3.05) is 6.61 Å². The largest absolute Gasteiger partial charge is 0.508 e. The molecule has 5 N–H and O–H groups in total. The molecular weight excluding hydrogens is 220 g/mol. The van der Waals surface area contributed by atoms with Crippen LogP contribution in [0.1, 0.15) is 12.5 Å². The van der Waals surface area contributed by atoms with E-state index in [4.69, 9.17) is 15.9 Å². The molecule has 0 heterocycles. The van der Waals surface area contributed by atoms with Gasteiger partial charge in [-0.15, -0.1) is 0 Å². The molecule has 94 valence electrons. The first-order chi connectivity index (χ1) is 8.02. The molecule has 0 aliphatic heterocycles. The van der Waals surface area contributed by atoms with Crippen molar-refractivity contribution in [3.05, 3.63) is 29.8 Å². The van der Waals surface area contributed by atoms with Crippen molar-refractivity contribution >= 4 is 5.91 Å². The average molecular weight is 238 g/mol. The summed E-state index contributed by atoms with van der Waals surface area (Å²) >= 11 is 0. The highest BCUT2D eigenvalue weighted by molar-refractivity contribution is 5.82. The van der Waals surface area contributed by atoms with E-state index in [9.17, 15) is 4.79 Å². The Bertz CT molecular complexity index is 365. The zero-order chi connectivity index (χ0) is 12.8. The molecule has 1 amide bonds. The number of amides is 1. The maximum Gasteiger partial charge on any atom is 0.237 e. The van der Waals surface area contributed by atoms with Gasteiger partial charge in [0.15, 0.2) is 0 Å². The number of rotatable bonds is 5. The first-order valence-electron chi connectivity index (χ1n) is 5.47. The van der Waals surface area contributed by atoms with Crippen LogP contribution >= 0.6 is 0 Å². The molecule has 1 rings (SSSR count). The van der Waals surface area contributed by atoms with E-state index in [1.54, 1.807) is 31.2 Å². The lowest BCUT2D eigenvalue weighted by atomic mass is 10.1. The number of hydrogen-bond donors (Lipinski definition) is 4. The molecule has 0 radical (unpaired) electrons. The Hall–Kier alpha value is -1.59. The average Bonchev–Trinajstić information content (AvgIpc) is 2.31. The summed E-state index contributed by atoms with van der Waals surface area (Å²) in [4.78, 5) is 11.6. The number of hydrogen-bond acceptors (Lipinski definition) is 4. The third kappa shape index (κ3) is 4.42. The quantitative estimate of drug-likeness (QED) is 0.569. The van der Waals surface area contributed by atoms with Gasteiger partial charge in [-0.3, -0.25) is 4.79 Å². The van der Waals surface area contributed by atoms with Crippen LogP contribution in [0.25, 0.3) is 0 Å². The van der Waals surface area contributed by atoms with Crippen LogP contribution in [-0.4, -0.2) is 34.8 Å². The maximum absolute atomic E-state index is 11.6. The van der Waals surface area contributed by atoms with Crippen LogP contribution in [-0.2, 0) is 11.2 Å². The van der Waals surface area contributed by atoms with Crippen molar-refractivity contribution in [1.29, 1.82) is 0 Å². The van der Waals surface area contributed by atoms with Gasteiger partial charge < -0.3 is 21.3 Å². The van der Waals surface area contributed by atoms with E-state index in [0.29, 0.717) is 6.42 Å². The Labute approximate surface area is 100 Å². The van der Waals surface area contributed by atoms with E-state index in [-0.39, 0.29) is 24.3 Å². The van der Waals surface area contributed by atoms with Crippen molar-refractivity contribution in [1.82, 2.24) is 5.32 Å². The molecule has 0 aliphatic rings. The number of aliphatic hydroxyl groups is 1. The molecule has 0 spiro atoms. The normalized spacial score (nSPS) is 14.1. The first kappa shape index (κ1) is 13.5. The van der Waals surface area contributed by atoms with Gasteiger partial charge in [-0.05, 0) is 31.0 Å². The Morgan fingerprint density at radius 3 is 2.53 bits per heavy atom. The lowest BCUT2D eigenvalue weighted by Crippen LogP contribution is -2.46. The van der Waals surface area contributed by atoms with Crippen molar-refractivity contribution in [3.8, 4) is 5.75 Å². The number of aliphatic hydroxyl groups excluding tert-OH is 1. The standard InChI is InChI=1S/C12H18N2O3/c1-8(7-15)14-12(17)11(13)6-9-2-4-10(16)5-3-9/h2-5,8,11,15-16H,6-7,13H2,1H3,(H,14,17)/t8-,11-/m1/s1. The summed E-state index contributed by atoms with van der Waals surface area (Å²) in [5.74, 6) is -0.111. The van der Waals surface area contributed by atoms with Crippen LogP contribution in [0.2, 0.25) is 0 Å². The fourth-order valence-corrected chi connectivity index (χ4v) is 1.37. The van der Waals surface area contributed by atoms with Crippen molar-refractivity contribution < 1.29 is 15.0 Å². The number of aromatic hydroxyl groups is 1. The number of phenols is 1. The second kappa shape index (κ2) is 6.22. The zero-order valence-corrected chi connectivity index (χ0v) is 9.76. The fraction of sp³-hybridized carbons (Fsp3) is 0.417. The zero-order valence-electron chi connectivity index (χ0n) is 9.76. The summed E-state index contributed by atoms with van der Waals surface area (Å²) < 4.78 is 0. The van der Waals surface area contributed by atoms with E-state index in [1.165, 1.54) is 0 Å². The first-order valence-corrected chi connectivity index (χ1v) is 5.47. The lowest BCUT2D eigenvalue weighted by molar-refractivity contribution is -0.123. The van der Waals surface area contributed by atoms with Gasteiger partial charge >= 0.3 is 0 Å². The van der Waals surface area contributed by atoms with Crippen molar-refractivity contribution in [2.45, 2.75) is 25.4 Å². The number of nitrogens with one attached hydrogen (secondary N) is 1. The minimum absolute atomic E-state index is 0.113. The molecule has 2 atom stereocenters. The molecule has 1 aromatic carbocycles. The predicted molar refractivity (Wildman–Crippen MR) is 64.5 cm³/mol. The summed E-state index contributed by atoms with van der Waals surface area (Å²) in [5, 5.41) is 20.5. The van der Waals surface area contributed by atoms with E-state index in [2.05, 4.69) is 5.32 Å². The summed E-state index contributed by atoms with van der Waals surface area (Å²) in [6, 6.07) is 5.59. The van der Waals surface area contributed by atoms with Crippen LogP contribution in [0.3, 0.4) is 0 Å². The van der Waals surface area contributed by atoms with Gasteiger partial charge in [0, 0.05) is 6.04 Å². The summed E-state index contributed by atoms with van der Waals surface area (Å²) in [5.41, 5.74) is 6.61. The molecule has 0 bridgehead atoms. The number of carbonyl (C=O) groups excluding carboxylic acids is 1. The van der Waals surface area contributed by atoms with E-state index < -0.39 is 6.04 Å². The third-order valence-corrected chi connectivity index (χ3v) is 2.39. The van der Waals surface area contributed by atoms with E-state index >= 15 is 0 Å². The Kier molecular flexibility index (Phi) is 4.93. The van der Waals surface area contributed by atoms with Crippen LogP contribution in [0, 0.1) is 0 Å². The second-order valence-electron chi connectivity index (χ2n) is 4.07. The Morgan fingerprint density at radius 1 is 1.41 bits per heavy atom. The lowest BCUT2D eigenvalue weighted by Gasteiger charge is -2.15. The Balaban J connectivity index is 2.51. The van der Waals surface area contributed by atoms with E-state index in [0.717, 1.165) is 5.56 Å². The predicted octanol–water partition coefficient (Wildman–Crippen LogP) is -0.241. The number of benzene rings is 1. The fourth-order valence-electron chi connectivity index (χ4n) is 1.37. The SMILES string of the molecule is C[C@H](CO)NC(=O)[C@H](N)Cc1ccc(O)cc1. The van der Waals surface area contributed by atoms with Gasteiger partial charge in [0.05, 0.1) is 12.6 Å². The molecule has 0 unspecified atom stereocenters. The number of nitrogens with two attached hydrogens (primary N) is 1. The molecule has 17 heavy (non-hydrogen) atoms. The van der Waals surface area contributed by atoms with Gasteiger partial charge in [-0.25, -0.2) is 0 Å². The second-order valence-corrected chi connectivity index (χ2v) is 4.07. The van der Waals surface area contributed by atoms with Crippen molar-refractivity contribution in [2.24, 2.45) is 5.73 Å². The number of phenolic OH excluding ortho intramolecular Hbond substituents is 1. The monoisotopic (exact) mass is 238 g/mol. The molecule has 0 aliphatic carbocycles. The van der Waals surface area contributed by atoms with Crippen molar-refractivity contribution in [3.63, 3.8) is 0 Å². The van der Waals surface area contributed by atoms with Gasteiger partial charge in [0.25, 0.3) is 0 Å². The topological polar surface area (TPSA) is 95.6 Å². The molecule has 0 fully saturated rings. The molecule has 0 aromatic heterocycles.